The quantitative estimate of drug-likeness (QED) is 0.687. The van der Waals surface area contributed by atoms with Crippen LogP contribution in [-0.4, -0.2) is 36.4 Å². The summed E-state index contributed by atoms with van der Waals surface area (Å²) in [7, 11) is 0. The van der Waals surface area contributed by atoms with Gasteiger partial charge in [0.15, 0.2) is 0 Å². The van der Waals surface area contributed by atoms with Gasteiger partial charge < -0.3 is 16.0 Å². The molecule has 28 heavy (non-hydrogen) atoms. The highest BCUT2D eigenvalue weighted by Gasteiger charge is 2.18. The molecule has 8 heteroatoms. The molecule has 1 fully saturated rings. The molecule has 6 nitrogen and oxygen atoms in total. The molecule has 2 heterocycles. The zero-order chi connectivity index (χ0) is 18.4. The Morgan fingerprint density at radius 2 is 1.89 bits per heavy atom. The molecule has 2 amide bonds. The first-order valence-electron chi connectivity index (χ1n) is 8.95. The molecule has 2 aromatic rings. The van der Waals surface area contributed by atoms with Crippen LogP contribution in [0, 0.1) is 12.8 Å². The normalized spacial score (nSPS) is 15.5. The van der Waals surface area contributed by atoms with Crippen LogP contribution in [0.1, 0.15) is 39.1 Å². The van der Waals surface area contributed by atoms with Crippen molar-refractivity contribution in [3.05, 3.63) is 59.4 Å². The van der Waals surface area contributed by atoms with Gasteiger partial charge in [0.1, 0.15) is 0 Å². The van der Waals surface area contributed by atoms with Crippen LogP contribution in [0.3, 0.4) is 0 Å². The van der Waals surface area contributed by atoms with Crippen LogP contribution in [0.25, 0.3) is 0 Å². The number of piperidine rings is 1. The van der Waals surface area contributed by atoms with Gasteiger partial charge in [0.05, 0.1) is 11.3 Å². The molecule has 3 N–H and O–H groups in total. The van der Waals surface area contributed by atoms with Gasteiger partial charge in [0, 0.05) is 24.5 Å². The minimum Gasteiger partial charge on any atom is -0.352 e. The monoisotopic (exact) mass is 424 g/mol. The van der Waals surface area contributed by atoms with E-state index in [0.717, 1.165) is 31.5 Å². The number of hydrogen-bond donors (Lipinski definition) is 3. The number of aryl methyl sites for hydroxylation is 1. The summed E-state index contributed by atoms with van der Waals surface area (Å²) in [6.45, 7) is 4.49. The van der Waals surface area contributed by atoms with Crippen molar-refractivity contribution in [2.45, 2.75) is 19.8 Å². The predicted octanol–water partition coefficient (Wildman–Crippen LogP) is 3.22. The molecule has 1 saturated heterocycles. The average molecular weight is 425 g/mol. The van der Waals surface area contributed by atoms with E-state index < -0.39 is 0 Å². The van der Waals surface area contributed by atoms with Crippen LogP contribution >= 0.6 is 24.8 Å². The largest absolute Gasteiger partial charge is 0.352 e. The maximum Gasteiger partial charge on any atom is 0.255 e. The molecule has 1 unspecified atom stereocenters. The third kappa shape index (κ3) is 6.19. The second-order valence-corrected chi connectivity index (χ2v) is 6.61. The predicted molar refractivity (Wildman–Crippen MR) is 116 cm³/mol. The van der Waals surface area contributed by atoms with Gasteiger partial charge in [-0.2, -0.15) is 0 Å². The number of benzene rings is 1. The van der Waals surface area contributed by atoms with Crippen molar-refractivity contribution in [3.8, 4) is 0 Å². The van der Waals surface area contributed by atoms with Gasteiger partial charge in [-0.05, 0) is 62.5 Å². The lowest BCUT2D eigenvalue weighted by Gasteiger charge is -2.23. The molecule has 1 aliphatic heterocycles. The average Bonchev–Trinajstić information content (AvgIpc) is 2.69. The zero-order valence-electron chi connectivity index (χ0n) is 15.7. The summed E-state index contributed by atoms with van der Waals surface area (Å²) in [5.41, 5.74) is 2.38. The standard InChI is InChI=1S/C20H24N4O2.2ClH/c1-14-4-2-6-17(20(26)23-13-15-5-3-9-22-12-15)18(14)24-19(25)16-7-10-21-11-8-16;;/h2,4,6-8,10-11,15,22H,3,5,9,12-13H2,1H3,(H,23,26)(H,24,25);2*1H. The Balaban J connectivity index is 0.00000196. The summed E-state index contributed by atoms with van der Waals surface area (Å²) in [6, 6.07) is 8.73. The van der Waals surface area contributed by atoms with Crippen molar-refractivity contribution < 1.29 is 9.59 Å². The van der Waals surface area contributed by atoms with Crippen LogP contribution < -0.4 is 16.0 Å². The molecule has 152 valence electrons. The van der Waals surface area contributed by atoms with E-state index in [9.17, 15) is 9.59 Å². The van der Waals surface area contributed by atoms with Crippen LogP contribution in [0.4, 0.5) is 5.69 Å². The number of amides is 2. The minimum atomic E-state index is -0.257. The van der Waals surface area contributed by atoms with Gasteiger partial charge in [0.25, 0.3) is 11.8 Å². The van der Waals surface area contributed by atoms with E-state index in [1.807, 2.05) is 19.1 Å². The summed E-state index contributed by atoms with van der Waals surface area (Å²) < 4.78 is 0. The molecule has 3 rings (SSSR count). The van der Waals surface area contributed by atoms with Gasteiger partial charge in [-0.1, -0.05) is 12.1 Å². The van der Waals surface area contributed by atoms with Gasteiger partial charge in [-0.25, -0.2) is 0 Å². The lowest BCUT2D eigenvalue weighted by atomic mass is 9.99. The van der Waals surface area contributed by atoms with Crippen molar-refractivity contribution in [1.82, 2.24) is 15.6 Å². The van der Waals surface area contributed by atoms with E-state index in [2.05, 4.69) is 20.9 Å². The number of anilines is 1. The van der Waals surface area contributed by atoms with Crippen molar-refractivity contribution in [2.24, 2.45) is 5.92 Å². The lowest BCUT2D eigenvalue weighted by Crippen LogP contribution is -2.38. The van der Waals surface area contributed by atoms with Crippen LogP contribution in [0.2, 0.25) is 0 Å². The fourth-order valence-electron chi connectivity index (χ4n) is 3.14. The molecule has 0 saturated carbocycles. The maximum atomic E-state index is 12.7. The molecule has 1 aromatic heterocycles. The summed E-state index contributed by atoms with van der Waals surface area (Å²) in [5.74, 6) is 0.0314. The number of pyridine rings is 1. The molecule has 0 bridgehead atoms. The van der Waals surface area contributed by atoms with E-state index in [4.69, 9.17) is 0 Å². The number of carbonyl (C=O) groups excluding carboxylic acids is 2. The molecular weight excluding hydrogens is 399 g/mol. The second kappa shape index (κ2) is 11.6. The minimum absolute atomic E-state index is 0. The van der Waals surface area contributed by atoms with Crippen molar-refractivity contribution in [3.63, 3.8) is 0 Å². The number of nitrogens with one attached hydrogen (secondary N) is 3. The summed E-state index contributed by atoms with van der Waals surface area (Å²) in [4.78, 5) is 29.1. The highest BCUT2D eigenvalue weighted by Crippen LogP contribution is 2.22. The van der Waals surface area contributed by atoms with Crippen molar-refractivity contribution >= 4 is 42.3 Å². The Morgan fingerprint density at radius 3 is 2.57 bits per heavy atom. The molecule has 0 aliphatic carbocycles. The fourth-order valence-corrected chi connectivity index (χ4v) is 3.14. The third-order valence-corrected chi connectivity index (χ3v) is 4.65. The van der Waals surface area contributed by atoms with E-state index in [0.29, 0.717) is 29.3 Å². The van der Waals surface area contributed by atoms with Crippen molar-refractivity contribution in [2.75, 3.05) is 25.0 Å². The molecular formula is C20H26Cl2N4O2. The smallest absolute Gasteiger partial charge is 0.255 e. The SMILES string of the molecule is Cc1cccc(C(=O)NCC2CCCNC2)c1NC(=O)c1ccncc1.Cl.Cl. The summed E-state index contributed by atoms with van der Waals surface area (Å²) in [6.07, 6.45) is 5.39. The maximum absolute atomic E-state index is 12.7. The number of rotatable bonds is 5. The van der Waals surface area contributed by atoms with Gasteiger partial charge in [0.2, 0.25) is 0 Å². The zero-order valence-corrected chi connectivity index (χ0v) is 17.4. The van der Waals surface area contributed by atoms with Crippen molar-refractivity contribution in [1.29, 1.82) is 0 Å². The van der Waals surface area contributed by atoms with Gasteiger partial charge in [-0.15, -0.1) is 24.8 Å². The van der Waals surface area contributed by atoms with E-state index in [1.54, 1.807) is 30.6 Å². The van der Waals surface area contributed by atoms with E-state index in [1.165, 1.54) is 0 Å². The summed E-state index contributed by atoms with van der Waals surface area (Å²) >= 11 is 0. The molecule has 1 aliphatic rings. The first-order chi connectivity index (χ1) is 12.6. The van der Waals surface area contributed by atoms with Crippen LogP contribution in [-0.2, 0) is 0 Å². The first-order valence-corrected chi connectivity index (χ1v) is 8.95. The topological polar surface area (TPSA) is 83.1 Å². The number of nitrogens with zero attached hydrogens (tertiary/aromatic N) is 1. The first kappa shape index (κ1) is 23.9. The van der Waals surface area contributed by atoms with E-state index >= 15 is 0 Å². The molecule has 0 spiro atoms. The third-order valence-electron chi connectivity index (χ3n) is 4.65. The Kier molecular flexibility index (Phi) is 9.93. The lowest BCUT2D eigenvalue weighted by molar-refractivity contribution is 0.0945. The van der Waals surface area contributed by atoms with E-state index in [-0.39, 0.29) is 36.6 Å². The Bertz CT molecular complexity index is 781. The van der Waals surface area contributed by atoms with Crippen LogP contribution in [0.15, 0.2) is 42.7 Å². The number of aromatic nitrogens is 1. The number of hydrogen-bond acceptors (Lipinski definition) is 4. The van der Waals surface area contributed by atoms with Crippen LogP contribution in [0.5, 0.6) is 0 Å². The summed E-state index contributed by atoms with van der Waals surface area (Å²) in [5, 5.41) is 9.23. The van der Waals surface area contributed by atoms with Gasteiger partial charge in [-0.3, -0.25) is 14.6 Å². The number of halogens is 2. The Labute approximate surface area is 177 Å². The van der Waals surface area contributed by atoms with Gasteiger partial charge >= 0.3 is 0 Å². The molecule has 1 aromatic carbocycles. The fraction of sp³-hybridized carbons (Fsp3) is 0.350. The number of carbonyl (C=O) groups is 2. The second-order valence-electron chi connectivity index (χ2n) is 6.61. The molecule has 1 atom stereocenters. The highest BCUT2D eigenvalue weighted by atomic mass is 35.5. The highest BCUT2D eigenvalue weighted by molar-refractivity contribution is 6.09. The Morgan fingerprint density at radius 1 is 1.14 bits per heavy atom. The number of para-hydroxylation sites is 1. The molecule has 0 radical (unpaired) electrons. The Hall–Kier alpha value is -2.15.